The largest absolute Gasteiger partial charge is 0.371 e. The number of ether oxygens (including phenoxy) is 2. The van der Waals surface area contributed by atoms with E-state index in [-0.39, 0.29) is 17.6 Å². The number of aryl methyl sites for hydroxylation is 1. The number of amides is 1. The van der Waals surface area contributed by atoms with Crippen LogP contribution in [0.4, 0.5) is 0 Å². The van der Waals surface area contributed by atoms with E-state index >= 15 is 0 Å². The van der Waals surface area contributed by atoms with Crippen molar-refractivity contribution < 1.29 is 14.3 Å². The van der Waals surface area contributed by atoms with Gasteiger partial charge in [-0.05, 0) is 42.0 Å². The highest BCUT2D eigenvalue weighted by atomic mass is 32.1. The van der Waals surface area contributed by atoms with Crippen LogP contribution in [0.5, 0.6) is 0 Å². The van der Waals surface area contributed by atoms with Gasteiger partial charge in [0.05, 0.1) is 36.3 Å². The van der Waals surface area contributed by atoms with Gasteiger partial charge in [0.2, 0.25) is 0 Å². The first-order valence-electron chi connectivity index (χ1n) is 8.63. The van der Waals surface area contributed by atoms with Gasteiger partial charge in [-0.3, -0.25) is 9.78 Å². The number of rotatable bonds is 4. The zero-order valence-electron chi connectivity index (χ0n) is 14.3. The number of hydrogen-bond acceptors (Lipinski definition) is 5. The minimum absolute atomic E-state index is 0.0822. The number of carbonyl (C=O) groups is 1. The Hall–Kier alpha value is -1.76. The van der Waals surface area contributed by atoms with Gasteiger partial charge in [0.25, 0.3) is 5.91 Å². The Balaban J connectivity index is 1.33. The van der Waals surface area contributed by atoms with Crippen molar-refractivity contribution in [3.63, 3.8) is 0 Å². The third-order valence-electron chi connectivity index (χ3n) is 5.04. The number of likely N-dealkylation sites (tertiary alicyclic amines) is 1. The molecule has 2 aromatic heterocycles. The summed E-state index contributed by atoms with van der Waals surface area (Å²) in [7, 11) is 0. The lowest BCUT2D eigenvalue weighted by Gasteiger charge is -2.23. The zero-order chi connectivity index (χ0) is 17.3. The van der Waals surface area contributed by atoms with Crippen LogP contribution in [-0.2, 0) is 16.1 Å². The molecule has 2 saturated heterocycles. The Kier molecular flexibility index (Phi) is 4.58. The summed E-state index contributed by atoms with van der Waals surface area (Å²) in [4.78, 5) is 19.6. The first-order chi connectivity index (χ1) is 12.2. The molecule has 2 fully saturated rings. The van der Waals surface area contributed by atoms with Crippen LogP contribution in [0.1, 0.15) is 33.6 Å². The van der Waals surface area contributed by atoms with Crippen molar-refractivity contribution in [3.8, 4) is 0 Å². The molecule has 0 bridgehead atoms. The highest BCUT2D eigenvalue weighted by Gasteiger charge is 2.47. The molecule has 0 unspecified atom stereocenters. The monoisotopic (exact) mass is 358 g/mol. The summed E-state index contributed by atoms with van der Waals surface area (Å²) >= 11 is 1.52. The minimum Gasteiger partial charge on any atom is -0.371 e. The summed E-state index contributed by atoms with van der Waals surface area (Å²) in [5.74, 6) is 0.132. The van der Waals surface area contributed by atoms with Gasteiger partial charge in [-0.15, -0.1) is 11.3 Å². The number of pyridine rings is 1. The van der Waals surface area contributed by atoms with Crippen LogP contribution in [0, 0.1) is 6.92 Å². The lowest BCUT2D eigenvalue weighted by atomic mass is 9.98. The third kappa shape index (κ3) is 3.47. The maximum Gasteiger partial charge on any atom is 0.264 e. The Morgan fingerprint density at radius 3 is 3.20 bits per heavy atom. The van der Waals surface area contributed by atoms with E-state index in [2.05, 4.69) is 4.98 Å². The average molecular weight is 358 g/mol. The van der Waals surface area contributed by atoms with Gasteiger partial charge in [-0.1, -0.05) is 6.07 Å². The number of aromatic nitrogens is 1. The van der Waals surface area contributed by atoms with Gasteiger partial charge < -0.3 is 14.4 Å². The zero-order valence-corrected chi connectivity index (χ0v) is 15.1. The van der Waals surface area contributed by atoms with E-state index in [1.54, 1.807) is 6.20 Å². The van der Waals surface area contributed by atoms with Crippen molar-refractivity contribution in [2.75, 3.05) is 19.7 Å². The predicted molar refractivity (Wildman–Crippen MR) is 95.7 cm³/mol. The van der Waals surface area contributed by atoms with Crippen molar-refractivity contribution in [2.45, 2.75) is 38.1 Å². The van der Waals surface area contributed by atoms with Crippen molar-refractivity contribution in [1.29, 1.82) is 0 Å². The molecule has 2 aromatic rings. The second-order valence-corrected chi connectivity index (χ2v) is 7.82. The molecule has 0 radical (unpaired) electrons. The van der Waals surface area contributed by atoms with Gasteiger partial charge in [-0.25, -0.2) is 0 Å². The number of nitrogens with zero attached hydrogens (tertiary/aromatic N) is 2. The van der Waals surface area contributed by atoms with E-state index in [4.69, 9.17) is 9.47 Å². The Morgan fingerprint density at radius 2 is 2.44 bits per heavy atom. The summed E-state index contributed by atoms with van der Waals surface area (Å²) in [5, 5.41) is 1.97. The van der Waals surface area contributed by atoms with Gasteiger partial charge in [0.1, 0.15) is 0 Å². The standard InChI is InChI=1S/C19H22N2O3S/c1-14-4-8-25-17(14)18(22)21-7-5-19(13-21)9-16(12-24-19)23-11-15-3-2-6-20-10-15/h2-4,6,8,10,16H,5,7,9,11-13H2,1H3/t16-,19+/m1/s1. The van der Waals surface area contributed by atoms with E-state index < -0.39 is 0 Å². The normalized spacial score (nSPS) is 25.8. The van der Waals surface area contributed by atoms with Crippen LogP contribution in [0.25, 0.3) is 0 Å². The Morgan fingerprint density at radius 1 is 1.52 bits per heavy atom. The second-order valence-electron chi connectivity index (χ2n) is 6.90. The SMILES string of the molecule is Cc1ccsc1C(=O)N1CC[C@]2(C[C@@H](OCc3cccnc3)CO2)C1. The van der Waals surface area contributed by atoms with Gasteiger partial charge in [0.15, 0.2) is 0 Å². The lowest BCUT2D eigenvalue weighted by Crippen LogP contribution is -2.36. The molecule has 1 amide bonds. The molecule has 5 nitrogen and oxygen atoms in total. The maximum atomic E-state index is 12.7. The van der Waals surface area contributed by atoms with Crippen LogP contribution in [-0.4, -0.2) is 47.2 Å². The molecule has 2 aliphatic rings. The van der Waals surface area contributed by atoms with E-state index in [9.17, 15) is 4.79 Å². The van der Waals surface area contributed by atoms with Gasteiger partial charge in [0, 0.05) is 25.4 Å². The highest BCUT2D eigenvalue weighted by Crippen LogP contribution is 2.37. The molecule has 4 rings (SSSR count). The third-order valence-corrected chi connectivity index (χ3v) is 6.05. The molecule has 0 saturated carbocycles. The van der Waals surface area contributed by atoms with Crippen molar-refractivity contribution in [1.82, 2.24) is 9.88 Å². The first kappa shape index (κ1) is 16.7. The van der Waals surface area contributed by atoms with Crippen LogP contribution < -0.4 is 0 Å². The van der Waals surface area contributed by atoms with Crippen LogP contribution >= 0.6 is 11.3 Å². The molecule has 2 atom stereocenters. The Bertz CT molecular complexity index is 748. The number of hydrogen-bond donors (Lipinski definition) is 0. The van der Waals surface area contributed by atoms with Gasteiger partial charge in [-0.2, -0.15) is 0 Å². The summed E-state index contributed by atoms with van der Waals surface area (Å²) in [6.45, 7) is 4.56. The van der Waals surface area contributed by atoms with E-state index in [0.717, 1.165) is 35.4 Å². The lowest BCUT2D eigenvalue weighted by molar-refractivity contribution is 0.000273. The molecule has 1 spiro atoms. The summed E-state index contributed by atoms with van der Waals surface area (Å²) in [5.41, 5.74) is 1.89. The first-order valence-corrected chi connectivity index (χ1v) is 9.51. The smallest absolute Gasteiger partial charge is 0.264 e. The molecular formula is C19H22N2O3S. The van der Waals surface area contributed by atoms with Crippen LogP contribution in [0.15, 0.2) is 36.0 Å². The molecular weight excluding hydrogens is 336 g/mol. The van der Waals surface area contributed by atoms with E-state index in [1.165, 1.54) is 11.3 Å². The van der Waals surface area contributed by atoms with E-state index in [0.29, 0.717) is 19.8 Å². The average Bonchev–Trinajstić information content (AvgIpc) is 3.35. The summed E-state index contributed by atoms with van der Waals surface area (Å²) in [6.07, 6.45) is 5.40. The van der Waals surface area contributed by atoms with Gasteiger partial charge >= 0.3 is 0 Å². The molecule has 0 aromatic carbocycles. The molecule has 132 valence electrons. The quantitative estimate of drug-likeness (QED) is 0.843. The molecule has 25 heavy (non-hydrogen) atoms. The van der Waals surface area contributed by atoms with Crippen LogP contribution in [0.3, 0.4) is 0 Å². The summed E-state index contributed by atoms with van der Waals surface area (Å²) < 4.78 is 12.1. The minimum atomic E-state index is -0.236. The van der Waals surface area contributed by atoms with E-state index in [1.807, 2.05) is 41.6 Å². The fourth-order valence-electron chi connectivity index (χ4n) is 3.64. The van der Waals surface area contributed by atoms with Crippen molar-refractivity contribution in [2.24, 2.45) is 0 Å². The molecule has 0 aliphatic carbocycles. The van der Waals surface area contributed by atoms with Crippen LogP contribution in [0.2, 0.25) is 0 Å². The maximum absolute atomic E-state index is 12.7. The fourth-order valence-corrected chi connectivity index (χ4v) is 4.54. The highest BCUT2D eigenvalue weighted by molar-refractivity contribution is 7.12. The second kappa shape index (κ2) is 6.86. The predicted octanol–water partition coefficient (Wildman–Crippen LogP) is 3.04. The number of carbonyl (C=O) groups excluding carboxylic acids is 1. The molecule has 6 heteroatoms. The number of thiophene rings is 1. The van der Waals surface area contributed by atoms with Crippen molar-refractivity contribution in [3.05, 3.63) is 52.0 Å². The molecule has 2 aliphatic heterocycles. The van der Waals surface area contributed by atoms with Crippen molar-refractivity contribution >= 4 is 17.2 Å². The molecule has 0 N–H and O–H groups in total. The topological polar surface area (TPSA) is 51.7 Å². The fraction of sp³-hybridized carbons (Fsp3) is 0.474. The summed E-state index contributed by atoms with van der Waals surface area (Å²) in [6, 6.07) is 5.92. The Labute approximate surface area is 151 Å². The molecule has 4 heterocycles.